The van der Waals surface area contributed by atoms with E-state index in [1.54, 1.807) is 7.05 Å². The fourth-order valence-corrected chi connectivity index (χ4v) is 1.08. The summed E-state index contributed by atoms with van der Waals surface area (Å²) in [7, 11) is 1.63. The van der Waals surface area contributed by atoms with Crippen molar-refractivity contribution in [3.8, 4) is 0 Å². The zero-order chi connectivity index (χ0) is 9.84. The lowest BCUT2D eigenvalue weighted by atomic mass is 10.1. The van der Waals surface area contributed by atoms with E-state index >= 15 is 0 Å². The van der Waals surface area contributed by atoms with Gasteiger partial charge < -0.3 is 5.73 Å². The highest BCUT2D eigenvalue weighted by molar-refractivity contribution is 5.98. The van der Waals surface area contributed by atoms with E-state index in [9.17, 15) is 0 Å². The second-order valence-electron chi connectivity index (χ2n) is 2.87. The maximum atomic E-state index is 5.73. The van der Waals surface area contributed by atoms with Crippen molar-refractivity contribution in [1.29, 1.82) is 0 Å². The average molecular weight is 178 g/mol. The molecule has 0 heterocycles. The molecule has 1 aromatic carbocycles. The van der Waals surface area contributed by atoms with E-state index in [0.29, 0.717) is 5.84 Å². The van der Waals surface area contributed by atoms with Crippen molar-refractivity contribution >= 4 is 5.84 Å². The summed E-state index contributed by atoms with van der Waals surface area (Å²) in [6.45, 7) is 1.98. The number of nitrogens with zero attached hydrogens (tertiary/aromatic N) is 2. The Balaban J connectivity index is 3.02. The zero-order valence-electron chi connectivity index (χ0n) is 7.86. The zero-order valence-corrected chi connectivity index (χ0v) is 7.86. The number of hydrazone groups is 1. The third kappa shape index (κ3) is 2.45. The summed E-state index contributed by atoms with van der Waals surface area (Å²) in [4.78, 5) is 0. The molecule has 0 aliphatic rings. The van der Waals surface area contributed by atoms with E-state index in [1.807, 2.05) is 31.2 Å². The number of rotatable bonds is 2. The van der Waals surface area contributed by atoms with Crippen molar-refractivity contribution in [2.45, 2.75) is 6.92 Å². The summed E-state index contributed by atoms with van der Waals surface area (Å²) < 4.78 is 0. The number of nitrogens with two attached hydrogens (primary N) is 2. The molecule has 0 atom stereocenters. The molecule has 4 heteroatoms. The van der Waals surface area contributed by atoms with Crippen LogP contribution in [0.1, 0.15) is 11.1 Å². The van der Waals surface area contributed by atoms with Crippen molar-refractivity contribution in [1.82, 2.24) is 5.12 Å². The van der Waals surface area contributed by atoms with Crippen molar-refractivity contribution in [2.75, 3.05) is 7.05 Å². The maximum Gasteiger partial charge on any atom is 0.152 e. The number of benzene rings is 1. The van der Waals surface area contributed by atoms with Gasteiger partial charge in [0.1, 0.15) is 0 Å². The van der Waals surface area contributed by atoms with Gasteiger partial charge in [-0.15, -0.1) is 5.10 Å². The van der Waals surface area contributed by atoms with Gasteiger partial charge in [-0.05, 0) is 12.5 Å². The molecule has 0 saturated heterocycles. The molecule has 4 N–H and O–H groups in total. The van der Waals surface area contributed by atoms with E-state index in [2.05, 4.69) is 5.10 Å². The standard InChI is InChI=1S/C9H14N4/c1-7-5-3-4-6-8(7)9(10)12-13(2)11/h3-6H,11H2,1-2H3,(H2,10,12). The Bertz CT molecular complexity index is 317. The molecule has 0 aliphatic heterocycles. The first-order valence-electron chi connectivity index (χ1n) is 4.00. The quantitative estimate of drug-likeness (QED) is 0.298. The van der Waals surface area contributed by atoms with Gasteiger partial charge in [0.15, 0.2) is 5.84 Å². The van der Waals surface area contributed by atoms with Gasteiger partial charge in [0.05, 0.1) is 0 Å². The van der Waals surface area contributed by atoms with Gasteiger partial charge in [0.2, 0.25) is 0 Å². The van der Waals surface area contributed by atoms with Crippen LogP contribution >= 0.6 is 0 Å². The predicted molar refractivity (Wildman–Crippen MR) is 53.9 cm³/mol. The molecule has 70 valence electrons. The summed E-state index contributed by atoms with van der Waals surface area (Å²) in [5.74, 6) is 5.78. The fraction of sp³-hybridized carbons (Fsp3) is 0.222. The Morgan fingerprint density at radius 3 is 2.54 bits per heavy atom. The van der Waals surface area contributed by atoms with Crippen LogP contribution in [0.3, 0.4) is 0 Å². The maximum absolute atomic E-state index is 5.73. The first-order chi connectivity index (χ1) is 6.11. The van der Waals surface area contributed by atoms with Gasteiger partial charge in [-0.2, -0.15) is 0 Å². The molecule has 0 amide bonds. The van der Waals surface area contributed by atoms with Crippen molar-refractivity contribution < 1.29 is 0 Å². The van der Waals surface area contributed by atoms with E-state index in [-0.39, 0.29) is 0 Å². The second-order valence-corrected chi connectivity index (χ2v) is 2.87. The highest BCUT2D eigenvalue weighted by Gasteiger charge is 2.01. The highest BCUT2D eigenvalue weighted by Crippen LogP contribution is 2.05. The fourth-order valence-electron chi connectivity index (χ4n) is 1.08. The molecule has 1 aromatic rings. The molecule has 0 bridgehead atoms. The Kier molecular flexibility index (Phi) is 2.87. The third-order valence-electron chi connectivity index (χ3n) is 1.69. The van der Waals surface area contributed by atoms with Crippen LogP contribution in [0.2, 0.25) is 0 Å². The van der Waals surface area contributed by atoms with Crippen LogP contribution in [0, 0.1) is 6.92 Å². The van der Waals surface area contributed by atoms with Crippen molar-refractivity contribution in [3.05, 3.63) is 35.4 Å². The van der Waals surface area contributed by atoms with E-state index in [4.69, 9.17) is 11.6 Å². The first kappa shape index (κ1) is 9.54. The van der Waals surface area contributed by atoms with Gasteiger partial charge >= 0.3 is 0 Å². The van der Waals surface area contributed by atoms with Crippen LogP contribution in [-0.4, -0.2) is 18.0 Å². The van der Waals surface area contributed by atoms with Crippen LogP contribution in [-0.2, 0) is 0 Å². The summed E-state index contributed by atoms with van der Waals surface area (Å²) in [6.07, 6.45) is 0. The smallest absolute Gasteiger partial charge is 0.152 e. The average Bonchev–Trinajstić information content (AvgIpc) is 2.03. The summed E-state index contributed by atoms with van der Waals surface area (Å²) >= 11 is 0. The number of hydrogen-bond donors (Lipinski definition) is 2. The molecular formula is C9H14N4. The first-order valence-corrected chi connectivity index (χ1v) is 4.00. The largest absolute Gasteiger partial charge is 0.382 e. The number of hydrazine groups is 1. The molecule has 0 fully saturated rings. The normalized spacial score (nSPS) is 11.5. The van der Waals surface area contributed by atoms with E-state index in [1.165, 1.54) is 5.12 Å². The third-order valence-corrected chi connectivity index (χ3v) is 1.69. The van der Waals surface area contributed by atoms with Crippen molar-refractivity contribution in [3.63, 3.8) is 0 Å². The Labute approximate surface area is 77.8 Å². The summed E-state index contributed by atoms with van der Waals surface area (Å²) in [5.41, 5.74) is 7.73. The molecule has 0 aromatic heterocycles. The molecule has 0 radical (unpaired) electrons. The molecule has 0 saturated carbocycles. The molecule has 1 rings (SSSR count). The SMILES string of the molecule is Cc1ccccc1/C(N)=N/N(C)N. The lowest BCUT2D eigenvalue weighted by Crippen LogP contribution is -2.26. The van der Waals surface area contributed by atoms with E-state index < -0.39 is 0 Å². The lowest BCUT2D eigenvalue weighted by Gasteiger charge is -2.08. The topological polar surface area (TPSA) is 67.6 Å². The summed E-state index contributed by atoms with van der Waals surface area (Å²) in [5, 5.41) is 5.11. The van der Waals surface area contributed by atoms with Crippen LogP contribution in [0.15, 0.2) is 29.4 Å². The molecule has 4 nitrogen and oxygen atoms in total. The van der Waals surface area contributed by atoms with Gasteiger partial charge in [-0.3, -0.25) is 0 Å². The lowest BCUT2D eigenvalue weighted by molar-refractivity contribution is 0.371. The Morgan fingerprint density at radius 1 is 1.38 bits per heavy atom. The van der Waals surface area contributed by atoms with Crippen LogP contribution in [0.5, 0.6) is 0 Å². The minimum absolute atomic E-state index is 0.433. The minimum Gasteiger partial charge on any atom is -0.382 e. The van der Waals surface area contributed by atoms with Crippen molar-refractivity contribution in [2.24, 2.45) is 16.7 Å². The Hall–Kier alpha value is -1.55. The van der Waals surface area contributed by atoms with Crippen LogP contribution in [0.25, 0.3) is 0 Å². The molecule has 0 unspecified atom stereocenters. The molecule has 0 aliphatic carbocycles. The number of aryl methyl sites for hydroxylation is 1. The summed E-state index contributed by atoms with van der Waals surface area (Å²) in [6, 6.07) is 7.77. The van der Waals surface area contributed by atoms with Gasteiger partial charge in [0, 0.05) is 12.6 Å². The van der Waals surface area contributed by atoms with Crippen LogP contribution < -0.4 is 11.6 Å². The predicted octanol–water partition coefficient (Wildman–Crippen LogP) is 0.421. The highest BCUT2D eigenvalue weighted by atomic mass is 15.6. The van der Waals surface area contributed by atoms with Crippen LogP contribution in [0.4, 0.5) is 0 Å². The second kappa shape index (κ2) is 3.91. The molecular weight excluding hydrogens is 164 g/mol. The molecule has 0 spiro atoms. The van der Waals surface area contributed by atoms with Gasteiger partial charge in [-0.1, -0.05) is 24.3 Å². The van der Waals surface area contributed by atoms with Gasteiger partial charge in [0.25, 0.3) is 0 Å². The minimum atomic E-state index is 0.433. The Morgan fingerprint density at radius 2 is 2.00 bits per heavy atom. The van der Waals surface area contributed by atoms with Gasteiger partial charge in [-0.25, -0.2) is 11.0 Å². The monoisotopic (exact) mass is 178 g/mol. The number of amidine groups is 1. The number of hydrogen-bond acceptors (Lipinski definition) is 3. The molecule has 13 heavy (non-hydrogen) atoms. The van der Waals surface area contributed by atoms with E-state index in [0.717, 1.165) is 11.1 Å².